The molecule has 0 amide bonds. The standard InChI is InChI=1S/C12H21N3O/c1-9(6-13)11-7-14-12(16-11)5-10-3-4-15(2)8-10/h7,9-10H,3-6,8,13H2,1-2H3. The Kier molecular flexibility index (Phi) is 3.61. The maximum Gasteiger partial charge on any atom is 0.194 e. The highest BCUT2D eigenvalue weighted by Gasteiger charge is 2.22. The van der Waals surface area contributed by atoms with E-state index in [0.717, 1.165) is 24.6 Å². The Morgan fingerprint density at radius 3 is 3.12 bits per heavy atom. The van der Waals surface area contributed by atoms with Crippen molar-refractivity contribution >= 4 is 0 Å². The maximum absolute atomic E-state index is 5.72. The topological polar surface area (TPSA) is 55.3 Å². The highest BCUT2D eigenvalue weighted by molar-refractivity contribution is 5.01. The minimum Gasteiger partial charge on any atom is -0.445 e. The Hall–Kier alpha value is -0.870. The fourth-order valence-electron chi connectivity index (χ4n) is 2.20. The molecular formula is C12H21N3O. The summed E-state index contributed by atoms with van der Waals surface area (Å²) in [6.45, 7) is 5.02. The van der Waals surface area contributed by atoms with Crippen molar-refractivity contribution in [3.8, 4) is 0 Å². The number of oxazole rings is 1. The zero-order valence-electron chi connectivity index (χ0n) is 10.1. The van der Waals surface area contributed by atoms with Crippen LogP contribution in [0, 0.1) is 5.92 Å². The molecular weight excluding hydrogens is 202 g/mol. The molecule has 2 unspecified atom stereocenters. The maximum atomic E-state index is 5.72. The first kappa shape index (κ1) is 11.6. The molecule has 1 saturated heterocycles. The van der Waals surface area contributed by atoms with Gasteiger partial charge in [-0.05, 0) is 25.9 Å². The number of hydrogen-bond acceptors (Lipinski definition) is 4. The molecule has 0 aliphatic carbocycles. The van der Waals surface area contributed by atoms with Gasteiger partial charge in [0.2, 0.25) is 0 Å². The molecule has 0 saturated carbocycles. The summed E-state index contributed by atoms with van der Waals surface area (Å²) in [4.78, 5) is 6.69. The Morgan fingerprint density at radius 1 is 1.69 bits per heavy atom. The van der Waals surface area contributed by atoms with Gasteiger partial charge in [-0.2, -0.15) is 0 Å². The van der Waals surface area contributed by atoms with Crippen LogP contribution in [0.5, 0.6) is 0 Å². The van der Waals surface area contributed by atoms with Gasteiger partial charge in [0.05, 0.1) is 6.20 Å². The molecule has 2 heterocycles. The monoisotopic (exact) mass is 223 g/mol. The van der Waals surface area contributed by atoms with Crippen LogP contribution < -0.4 is 5.73 Å². The molecule has 0 spiro atoms. The Morgan fingerprint density at radius 2 is 2.50 bits per heavy atom. The van der Waals surface area contributed by atoms with Gasteiger partial charge >= 0.3 is 0 Å². The molecule has 0 radical (unpaired) electrons. The summed E-state index contributed by atoms with van der Waals surface area (Å²) in [6, 6.07) is 0. The summed E-state index contributed by atoms with van der Waals surface area (Å²) in [5, 5.41) is 0. The third-order valence-electron chi connectivity index (χ3n) is 3.36. The van der Waals surface area contributed by atoms with Gasteiger partial charge in [0.1, 0.15) is 5.76 Å². The van der Waals surface area contributed by atoms with E-state index in [4.69, 9.17) is 10.2 Å². The molecule has 2 atom stereocenters. The molecule has 4 heteroatoms. The van der Waals surface area contributed by atoms with Crippen LogP contribution in [0.3, 0.4) is 0 Å². The largest absolute Gasteiger partial charge is 0.445 e. The molecule has 1 fully saturated rings. The van der Waals surface area contributed by atoms with Crippen LogP contribution in [0.1, 0.15) is 30.9 Å². The van der Waals surface area contributed by atoms with E-state index in [1.54, 1.807) is 0 Å². The summed E-state index contributed by atoms with van der Waals surface area (Å²) in [6.07, 6.45) is 4.04. The van der Waals surface area contributed by atoms with Crippen LogP contribution in [0.15, 0.2) is 10.6 Å². The molecule has 2 N–H and O–H groups in total. The lowest BCUT2D eigenvalue weighted by Gasteiger charge is -2.07. The van der Waals surface area contributed by atoms with E-state index in [1.165, 1.54) is 13.0 Å². The summed E-state index contributed by atoms with van der Waals surface area (Å²) in [5.41, 5.74) is 5.60. The lowest BCUT2D eigenvalue weighted by atomic mass is 10.1. The van der Waals surface area contributed by atoms with Gasteiger partial charge in [0.25, 0.3) is 0 Å². The fraction of sp³-hybridized carbons (Fsp3) is 0.750. The minimum absolute atomic E-state index is 0.271. The van der Waals surface area contributed by atoms with Crippen LogP contribution in [-0.2, 0) is 6.42 Å². The number of rotatable bonds is 4. The van der Waals surface area contributed by atoms with Gasteiger partial charge in [0, 0.05) is 25.4 Å². The van der Waals surface area contributed by atoms with Crippen molar-refractivity contribution in [2.24, 2.45) is 11.7 Å². The van der Waals surface area contributed by atoms with E-state index in [2.05, 4.69) is 23.9 Å². The normalized spacial score (nSPS) is 23.8. The number of nitrogens with two attached hydrogens (primary N) is 1. The third-order valence-corrected chi connectivity index (χ3v) is 3.36. The van der Waals surface area contributed by atoms with Crippen molar-refractivity contribution in [2.75, 3.05) is 26.7 Å². The average molecular weight is 223 g/mol. The van der Waals surface area contributed by atoms with Crippen molar-refractivity contribution in [1.29, 1.82) is 0 Å². The van der Waals surface area contributed by atoms with Gasteiger partial charge in [0.15, 0.2) is 5.89 Å². The van der Waals surface area contributed by atoms with Crippen molar-refractivity contribution in [1.82, 2.24) is 9.88 Å². The molecule has 1 aliphatic rings. The van der Waals surface area contributed by atoms with E-state index in [0.29, 0.717) is 12.5 Å². The predicted octanol–water partition coefficient (Wildman–Crippen LogP) is 1.23. The molecule has 16 heavy (non-hydrogen) atoms. The smallest absolute Gasteiger partial charge is 0.194 e. The number of hydrogen-bond donors (Lipinski definition) is 1. The van der Waals surface area contributed by atoms with Gasteiger partial charge in [-0.1, -0.05) is 6.92 Å². The lowest BCUT2D eigenvalue weighted by Crippen LogP contribution is -2.15. The second-order valence-electron chi connectivity index (χ2n) is 4.91. The summed E-state index contributed by atoms with van der Waals surface area (Å²) in [5.74, 6) is 2.76. The molecule has 1 aromatic heterocycles. The second kappa shape index (κ2) is 4.97. The Balaban J connectivity index is 1.92. The first-order chi connectivity index (χ1) is 7.69. The predicted molar refractivity (Wildman–Crippen MR) is 63.3 cm³/mol. The highest BCUT2D eigenvalue weighted by atomic mass is 16.4. The molecule has 90 valence electrons. The van der Waals surface area contributed by atoms with Gasteiger partial charge in [-0.3, -0.25) is 0 Å². The van der Waals surface area contributed by atoms with Crippen LogP contribution in [0.4, 0.5) is 0 Å². The van der Waals surface area contributed by atoms with Crippen molar-refractivity contribution in [2.45, 2.75) is 25.7 Å². The average Bonchev–Trinajstić information content (AvgIpc) is 2.87. The van der Waals surface area contributed by atoms with Crippen LogP contribution >= 0.6 is 0 Å². The first-order valence-corrected chi connectivity index (χ1v) is 6.02. The molecule has 0 bridgehead atoms. The Labute approximate surface area is 96.8 Å². The van der Waals surface area contributed by atoms with Crippen LogP contribution in [0.2, 0.25) is 0 Å². The zero-order chi connectivity index (χ0) is 11.5. The minimum atomic E-state index is 0.271. The quantitative estimate of drug-likeness (QED) is 0.834. The summed E-state index contributed by atoms with van der Waals surface area (Å²) >= 11 is 0. The van der Waals surface area contributed by atoms with Crippen LogP contribution in [0.25, 0.3) is 0 Å². The number of aromatic nitrogens is 1. The molecule has 0 aromatic carbocycles. The van der Waals surface area contributed by atoms with Crippen molar-refractivity contribution in [3.63, 3.8) is 0 Å². The summed E-state index contributed by atoms with van der Waals surface area (Å²) < 4.78 is 5.72. The number of likely N-dealkylation sites (tertiary alicyclic amines) is 1. The molecule has 4 nitrogen and oxygen atoms in total. The Bertz CT molecular complexity index is 337. The van der Waals surface area contributed by atoms with Crippen molar-refractivity contribution < 1.29 is 4.42 Å². The van der Waals surface area contributed by atoms with Gasteiger partial charge in [-0.15, -0.1) is 0 Å². The molecule has 2 rings (SSSR count). The SMILES string of the molecule is CC(CN)c1cnc(CC2CCN(C)C2)o1. The third kappa shape index (κ3) is 2.62. The van der Waals surface area contributed by atoms with Crippen LogP contribution in [-0.4, -0.2) is 36.6 Å². The molecule has 1 aliphatic heterocycles. The fourth-order valence-corrected chi connectivity index (χ4v) is 2.20. The van der Waals surface area contributed by atoms with E-state index in [9.17, 15) is 0 Å². The van der Waals surface area contributed by atoms with Gasteiger partial charge < -0.3 is 15.1 Å². The van der Waals surface area contributed by atoms with E-state index < -0.39 is 0 Å². The first-order valence-electron chi connectivity index (χ1n) is 6.02. The molecule has 1 aromatic rings. The second-order valence-corrected chi connectivity index (χ2v) is 4.91. The van der Waals surface area contributed by atoms with Crippen molar-refractivity contribution in [3.05, 3.63) is 17.8 Å². The zero-order valence-corrected chi connectivity index (χ0v) is 10.1. The van der Waals surface area contributed by atoms with E-state index in [-0.39, 0.29) is 5.92 Å². The number of nitrogens with zero attached hydrogens (tertiary/aromatic N) is 2. The summed E-state index contributed by atoms with van der Waals surface area (Å²) in [7, 11) is 2.16. The highest BCUT2D eigenvalue weighted by Crippen LogP contribution is 2.21. The van der Waals surface area contributed by atoms with E-state index in [1.807, 2.05) is 6.20 Å². The van der Waals surface area contributed by atoms with E-state index >= 15 is 0 Å². The lowest BCUT2D eigenvalue weighted by molar-refractivity contribution is 0.369. The van der Waals surface area contributed by atoms with Gasteiger partial charge in [-0.25, -0.2) is 4.98 Å².